The quantitative estimate of drug-likeness (QED) is 0.691. The Balaban J connectivity index is 1.40. The Hall–Kier alpha value is -3.65. The lowest BCUT2D eigenvalue weighted by molar-refractivity contribution is 0.0416. The summed E-state index contributed by atoms with van der Waals surface area (Å²) in [5.74, 6) is 1.70. The molecule has 0 atom stereocenters. The Labute approximate surface area is 174 Å². The highest BCUT2D eigenvalue weighted by Crippen LogP contribution is 2.23. The van der Waals surface area contributed by atoms with Crippen LogP contribution in [-0.2, 0) is 4.74 Å². The molecule has 2 aromatic carbocycles. The first-order valence-electron chi connectivity index (χ1n) is 9.59. The molecule has 8 heteroatoms. The molecule has 1 aliphatic rings. The first kappa shape index (κ1) is 19.7. The number of methoxy groups -OCH3 is 1. The Kier molecular flexibility index (Phi) is 6.05. The van der Waals surface area contributed by atoms with Crippen LogP contribution < -0.4 is 14.8 Å². The second-order valence-electron chi connectivity index (χ2n) is 6.64. The van der Waals surface area contributed by atoms with E-state index < -0.39 is 0 Å². The number of hydrogen-bond donors (Lipinski definition) is 1. The van der Waals surface area contributed by atoms with Crippen molar-refractivity contribution in [2.45, 2.75) is 0 Å². The number of nitrogens with one attached hydrogen (secondary N) is 1. The van der Waals surface area contributed by atoms with Crippen LogP contribution in [0, 0.1) is 0 Å². The van der Waals surface area contributed by atoms with Gasteiger partial charge in [-0.3, -0.25) is 0 Å². The predicted molar refractivity (Wildman–Crippen MR) is 112 cm³/mol. The van der Waals surface area contributed by atoms with Gasteiger partial charge in [0.15, 0.2) is 0 Å². The third-order valence-electron chi connectivity index (χ3n) is 4.64. The van der Waals surface area contributed by atoms with Gasteiger partial charge in [0.1, 0.15) is 11.5 Å². The first-order valence-corrected chi connectivity index (χ1v) is 9.59. The fraction of sp³-hybridized carbons (Fsp3) is 0.227. The van der Waals surface area contributed by atoms with Crippen LogP contribution in [0.3, 0.4) is 0 Å². The number of carbonyl (C=O) groups excluding carboxylic acids is 1. The normalized spacial score (nSPS) is 13.6. The molecule has 30 heavy (non-hydrogen) atoms. The predicted octanol–water partition coefficient (Wildman–Crippen LogP) is 3.73. The molecule has 0 unspecified atom stereocenters. The molecule has 1 aromatic heterocycles. The summed E-state index contributed by atoms with van der Waals surface area (Å²) in [4.78, 5) is 22.6. The SMILES string of the molecule is COc1ccc(-c2cnc(Nc3cccc(OC(=O)N4CCOCC4)c3)nc2)cc1. The van der Waals surface area contributed by atoms with Gasteiger partial charge in [0, 0.05) is 42.8 Å². The number of aromatic nitrogens is 2. The highest BCUT2D eigenvalue weighted by atomic mass is 16.6. The average molecular weight is 406 g/mol. The van der Waals surface area contributed by atoms with E-state index in [0.717, 1.165) is 22.6 Å². The summed E-state index contributed by atoms with van der Waals surface area (Å²) in [5, 5.41) is 3.13. The minimum atomic E-state index is -0.379. The fourth-order valence-corrected chi connectivity index (χ4v) is 3.00. The fourth-order valence-electron chi connectivity index (χ4n) is 3.00. The van der Waals surface area contributed by atoms with E-state index >= 15 is 0 Å². The molecule has 3 aromatic rings. The van der Waals surface area contributed by atoms with Crippen molar-refractivity contribution < 1.29 is 19.0 Å². The van der Waals surface area contributed by atoms with E-state index in [2.05, 4.69) is 15.3 Å². The molecule has 0 bridgehead atoms. The second-order valence-corrected chi connectivity index (χ2v) is 6.64. The number of ether oxygens (including phenoxy) is 3. The maximum Gasteiger partial charge on any atom is 0.415 e. The molecule has 1 fully saturated rings. The van der Waals surface area contributed by atoms with Gasteiger partial charge < -0.3 is 24.4 Å². The van der Waals surface area contributed by atoms with Gasteiger partial charge in [-0.2, -0.15) is 0 Å². The highest BCUT2D eigenvalue weighted by Gasteiger charge is 2.18. The zero-order valence-electron chi connectivity index (χ0n) is 16.6. The van der Waals surface area contributed by atoms with Gasteiger partial charge >= 0.3 is 6.09 Å². The van der Waals surface area contributed by atoms with Gasteiger partial charge in [-0.25, -0.2) is 14.8 Å². The minimum absolute atomic E-state index is 0.379. The van der Waals surface area contributed by atoms with Crippen LogP contribution in [0.1, 0.15) is 0 Å². The summed E-state index contributed by atoms with van der Waals surface area (Å²) in [6.07, 6.45) is 3.12. The van der Waals surface area contributed by atoms with Crippen molar-refractivity contribution in [1.82, 2.24) is 14.9 Å². The number of nitrogens with zero attached hydrogens (tertiary/aromatic N) is 3. The molecule has 0 saturated carbocycles. The zero-order valence-corrected chi connectivity index (χ0v) is 16.6. The number of anilines is 2. The van der Waals surface area contributed by atoms with Gasteiger partial charge in [-0.1, -0.05) is 18.2 Å². The molecule has 1 amide bonds. The molecule has 2 heterocycles. The van der Waals surface area contributed by atoms with Crippen molar-refractivity contribution in [3.05, 3.63) is 60.9 Å². The maximum absolute atomic E-state index is 12.2. The van der Waals surface area contributed by atoms with Crippen LogP contribution in [0.25, 0.3) is 11.1 Å². The van der Waals surface area contributed by atoms with Gasteiger partial charge in [0.05, 0.1) is 20.3 Å². The number of amides is 1. The van der Waals surface area contributed by atoms with E-state index in [4.69, 9.17) is 14.2 Å². The highest BCUT2D eigenvalue weighted by molar-refractivity contribution is 5.71. The number of hydrogen-bond acceptors (Lipinski definition) is 7. The Morgan fingerprint density at radius 1 is 1.00 bits per heavy atom. The average Bonchev–Trinajstić information content (AvgIpc) is 2.80. The second kappa shape index (κ2) is 9.23. The van der Waals surface area contributed by atoms with E-state index in [1.54, 1.807) is 42.6 Å². The van der Waals surface area contributed by atoms with Crippen LogP contribution in [-0.4, -0.2) is 54.4 Å². The smallest absolute Gasteiger partial charge is 0.415 e. The molecule has 0 radical (unpaired) electrons. The number of morpholine rings is 1. The summed E-state index contributed by atoms with van der Waals surface area (Å²) in [6.45, 7) is 2.12. The number of benzene rings is 2. The van der Waals surface area contributed by atoms with Crippen molar-refractivity contribution in [2.75, 3.05) is 38.7 Å². The molecule has 0 spiro atoms. The van der Waals surface area contributed by atoms with Crippen molar-refractivity contribution in [2.24, 2.45) is 0 Å². The lowest BCUT2D eigenvalue weighted by Crippen LogP contribution is -2.42. The molecule has 8 nitrogen and oxygen atoms in total. The molecule has 1 saturated heterocycles. The topological polar surface area (TPSA) is 85.8 Å². The van der Waals surface area contributed by atoms with Gasteiger partial charge in [0.25, 0.3) is 0 Å². The van der Waals surface area contributed by atoms with Crippen molar-refractivity contribution in [1.29, 1.82) is 0 Å². The van der Waals surface area contributed by atoms with Crippen LogP contribution in [0.5, 0.6) is 11.5 Å². The Morgan fingerprint density at radius 3 is 2.43 bits per heavy atom. The molecule has 154 valence electrons. The summed E-state index contributed by atoms with van der Waals surface area (Å²) in [5.41, 5.74) is 2.62. The number of rotatable bonds is 5. The Bertz CT molecular complexity index is 987. The van der Waals surface area contributed by atoms with Gasteiger partial charge in [0.2, 0.25) is 5.95 Å². The van der Waals surface area contributed by atoms with Crippen LogP contribution >= 0.6 is 0 Å². The van der Waals surface area contributed by atoms with E-state index in [9.17, 15) is 4.79 Å². The molecule has 1 aliphatic heterocycles. The Morgan fingerprint density at radius 2 is 1.73 bits per heavy atom. The van der Waals surface area contributed by atoms with Gasteiger partial charge in [-0.05, 0) is 29.8 Å². The monoisotopic (exact) mass is 406 g/mol. The molecular formula is C22H22N4O4. The van der Waals surface area contributed by atoms with Crippen LogP contribution in [0.4, 0.5) is 16.4 Å². The van der Waals surface area contributed by atoms with E-state index in [0.29, 0.717) is 38.0 Å². The zero-order chi connectivity index (χ0) is 20.8. The minimum Gasteiger partial charge on any atom is -0.497 e. The summed E-state index contributed by atoms with van der Waals surface area (Å²) < 4.78 is 15.9. The van der Waals surface area contributed by atoms with Crippen molar-refractivity contribution in [3.63, 3.8) is 0 Å². The molecule has 4 rings (SSSR count). The third kappa shape index (κ3) is 4.84. The summed E-state index contributed by atoms with van der Waals surface area (Å²) >= 11 is 0. The van der Waals surface area contributed by atoms with Crippen LogP contribution in [0.15, 0.2) is 60.9 Å². The summed E-state index contributed by atoms with van der Waals surface area (Å²) in [6, 6.07) is 14.8. The lowest BCUT2D eigenvalue weighted by atomic mass is 10.1. The molecule has 1 N–H and O–H groups in total. The van der Waals surface area contributed by atoms with E-state index in [1.165, 1.54) is 0 Å². The van der Waals surface area contributed by atoms with Gasteiger partial charge in [-0.15, -0.1) is 0 Å². The van der Waals surface area contributed by atoms with Crippen molar-refractivity contribution >= 4 is 17.7 Å². The number of carbonyl (C=O) groups is 1. The van der Waals surface area contributed by atoms with E-state index in [-0.39, 0.29) is 6.09 Å². The lowest BCUT2D eigenvalue weighted by Gasteiger charge is -2.25. The maximum atomic E-state index is 12.2. The van der Waals surface area contributed by atoms with E-state index in [1.807, 2.05) is 30.3 Å². The summed E-state index contributed by atoms with van der Waals surface area (Å²) in [7, 11) is 1.64. The first-order chi connectivity index (χ1) is 14.7. The van der Waals surface area contributed by atoms with Crippen molar-refractivity contribution in [3.8, 4) is 22.6 Å². The van der Waals surface area contributed by atoms with Crippen LogP contribution in [0.2, 0.25) is 0 Å². The molecular weight excluding hydrogens is 384 g/mol. The molecule has 0 aliphatic carbocycles. The third-order valence-corrected chi connectivity index (χ3v) is 4.64. The largest absolute Gasteiger partial charge is 0.497 e. The standard InChI is InChI=1S/C22H22N4O4/c1-28-19-7-5-16(6-8-19)17-14-23-21(24-15-17)25-18-3-2-4-20(13-18)30-22(27)26-9-11-29-12-10-26/h2-8,13-15H,9-12H2,1H3,(H,23,24,25).